The highest BCUT2D eigenvalue weighted by atomic mass is 32.1. The lowest BCUT2D eigenvalue weighted by Gasteiger charge is -2.49. The number of methoxy groups -OCH3 is 1. The van der Waals surface area contributed by atoms with Gasteiger partial charge in [-0.05, 0) is 56.0 Å². The number of aliphatic hydroxyl groups is 1. The summed E-state index contributed by atoms with van der Waals surface area (Å²) in [6, 6.07) is 13.3. The number of benzene rings is 2. The van der Waals surface area contributed by atoms with Gasteiger partial charge in [0.05, 0.1) is 28.9 Å². The lowest BCUT2D eigenvalue weighted by molar-refractivity contribution is -0.138. The van der Waals surface area contributed by atoms with Crippen LogP contribution < -0.4 is 4.74 Å². The topological polar surface area (TPSA) is 71.9 Å². The molecule has 194 valence electrons. The van der Waals surface area contributed by atoms with Gasteiger partial charge >= 0.3 is 6.09 Å². The van der Waals surface area contributed by atoms with E-state index in [1.54, 1.807) is 23.3 Å². The molecule has 0 bridgehead atoms. The number of ether oxygens (including phenoxy) is 2. The van der Waals surface area contributed by atoms with Crippen LogP contribution in [0.2, 0.25) is 0 Å². The van der Waals surface area contributed by atoms with Crippen LogP contribution in [-0.4, -0.2) is 45.9 Å². The standard InChI is InChI=1S/C29H38N2O4S/c1-26(2,3)29(33)23(31(17-28(29,7)8)25(32)35-27(4,5)6)18-14-15-19(21(16-18)34-9)24-30-20-12-10-11-13-22(20)36-24/h10-16,23,33H,17H2,1-9H3/t23-,29-/m0/s1. The molecule has 1 saturated heterocycles. The molecule has 0 radical (unpaired) electrons. The Kier molecular flexibility index (Phi) is 6.41. The number of aromatic nitrogens is 1. The minimum Gasteiger partial charge on any atom is -0.496 e. The van der Waals surface area contributed by atoms with Crippen LogP contribution >= 0.6 is 11.3 Å². The predicted octanol–water partition coefficient (Wildman–Crippen LogP) is 7.07. The molecule has 1 N–H and O–H groups in total. The second-order valence-corrected chi connectivity index (χ2v) is 13.4. The molecule has 3 aromatic rings. The van der Waals surface area contributed by atoms with Crippen LogP contribution in [0.1, 0.15) is 67.0 Å². The third-order valence-corrected chi connectivity index (χ3v) is 8.21. The third kappa shape index (κ3) is 4.37. The van der Waals surface area contributed by atoms with Crippen molar-refractivity contribution in [3.63, 3.8) is 0 Å². The molecular formula is C29H38N2O4S. The molecule has 2 heterocycles. The Balaban J connectivity index is 1.86. The summed E-state index contributed by atoms with van der Waals surface area (Å²) in [5, 5.41) is 13.3. The number of thiazole rings is 1. The fraction of sp³-hybridized carbons (Fsp3) is 0.517. The van der Waals surface area contributed by atoms with Crippen molar-refractivity contribution in [3.8, 4) is 16.3 Å². The normalized spacial score (nSPS) is 22.2. The Labute approximate surface area is 218 Å². The summed E-state index contributed by atoms with van der Waals surface area (Å²) in [5.41, 5.74) is -0.391. The first-order valence-electron chi connectivity index (χ1n) is 12.3. The molecule has 1 aromatic heterocycles. The molecule has 7 heteroatoms. The van der Waals surface area contributed by atoms with Crippen molar-refractivity contribution in [2.24, 2.45) is 10.8 Å². The van der Waals surface area contributed by atoms with Gasteiger partial charge in [-0.15, -0.1) is 11.3 Å². The van der Waals surface area contributed by atoms with E-state index in [4.69, 9.17) is 14.5 Å². The number of fused-ring (bicyclic) bond motifs is 1. The molecule has 0 spiro atoms. The molecule has 4 rings (SSSR count). The van der Waals surface area contributed by atoms with Gasteiger partial charge in [0.25, 0.3) is 0 Å². The van der Waals surface area contributed by atoms with E-state index in [0.29, 0.717) is 12.3 Å². The van der Waals surface area contributed by atoms with Gasteiger partial charge in [-0.25, -0.2) is 9.78 Å². The maximum atomic E-state index is 13.4. The van der Waals surface area contributed by atoms with Gasteiger partial charge in [-0.2, -0.15) is 0 Å². The average molecular weight is 511 g/mol. The summed E-state index contributed by atoms with van der Waals surface area (Å²) in [7, 11) is 1.64. The van der Waals surface area contributed by atoms with Crippen molar-refractivity contribution in [1.29, 1.82) is 0 Å². The first kappa shape index (κ1) is 26.4. The highest BCUT2D eigenvalue weighted by molar-refractivity contribution is 7.21. The van der Waals surface area contributed by atoms with Crippen LogP contribution in [0, 0.1) is 10.8 Å². The van der Waals surface area contributed by atoms with Crippen molar-refractivity contribution < 1.29 is 19.4 Å². The summed E-state index contributed by atoms with van der Waals surface area (Å²) in [6.07, 6.45) is -0.435. The number of likely N-dealkylation sites (tertiary alicyclic amines) is 1. The van der Waals surface area contributed by atoms with Gasteiger partial charge in [-0.1, -0.05) is 52.8 Å². The van der Waals surface area contributed by atoms with E-state index in [1.165, 1.54) is 0 Å². The van der Waals surface area contributed by atoms with Crippen LogP contribution in [0.15, 0.2) is 42.5 Å². The Morgan fingerprint density at radius 1 is 1.11 bits per heavy atom. The van der Waals surface area contributed by atoms with Crippen molar-refractivity contribution in [1.82, 2.24) is 9.88 Å². The van der Waals surface area contributed by atoms with Crippen LogP contribution in [0.4, 0.5) is 4.79 Å². The van der Waals surface area contributed by atoms with Crippen molar-refractivity contribution in [2.75, 3.05) is 13.7 Å². The summed E-state index contributed by atoms with van der Waals surface area (Å²) in [6.45, 7) is 16.0. The van der Waals surface area contributed by atoms with E-state index in [1.807, 2.05) is 91.8 Å². The van der Waals surface area contributed by atoms with Gasteiger partial charge in [0.1, 0.15) is 22.0 Å². The maximum Gasteiger partial charge on any atom is 0.410 e. The summed E-state index contributed by atoms with van der Waals surface area (Å²) in [4.78, 5) is 19.9. The molecule has 0 aliphatic carbocycles. The molecule has 6 nitrogen and oxygen atoms in total. The second kappa shape index (κ2) is 8.73. The molecule has 0 saturated carbocycles. The Bertz CT molecular complexity index is 1250. The molecule has 1 fully saturated rings. The lowest BCUT2D eigenvalue weighted by atomic mass is 9.60. The molecule has 1 aliphatic rings. The van der Waals surface area contributed by atoms with Gasteiger partial charge in [0.2, 0.25) is 0 Å². The van der Waals surface area contributed by atoms with Gasteiger partial charge in [0.15, 0.2) is 0 Å². The van der Waals surface area contributed by atoms with E-state index >= 15 is 0 Å². The molecule has 36 heavy (non-hydrogen) atoms. The number of amides is 1. The molecule has 1 aliphatic heterocycles. The number of carbonyl (C=O) groups excluding carboxylic acids is 1. The number of rotatable bonds is 3. The van der Waals surface area contributed by atoms with E-state index < -0.39 is 34.2 Å². The molecular weight excluding hydrogens is 472 g/mol. The number of para-hydroxylation sites is 1. The van der Waals surface area contributed by atoms with Crippen molar-refractivity contribution in [2.45, 2.75) is 72.6 Å². The molecule has 0 unspecified atom stereocenters. The molecule has 2 atom stereocenters. The highest BCUT2D eigenvalue weighted by Crippen LogP contribution is 2.59. The summed E-state index contributed by atoms with van der Waals surface area (Å²) in [5.74, 6) is 0.650. The Morgan fingerprint density at radius 3 is 2.36 bits per heavy atom. The molecule has 1 amide bonds. The zero-order valence-electron chi connectivity index (χ0n) is 22.8. The van der Waals surface area contributed by atoms with E-state index in [2.05, 4.69) is 6.07 Å². The molecule has 2 aromatic carbocycles. The number of hydrogen-bond acceptors (Lipinski definition) is 6. The predicted molar refractivity (Wildman–Crippen MR) is 145 cm³/mol. The van der Waals surface area contributed by atoms with Gasteiger partial charge in [0, 0.05) is 12.0 Å². The third-order valence-electron chi connectivity index (χ3n) is 7.14. The van der Waals surface area contributed by atoms with Gasteiger partial charge in [-0.3, -0.25) is 4.90 Å². The summed E-state index contributed by atoms with van der Waals surface area (Å²) >= 11 is 1.61. The maximum absolute atomic E-state index is 13.4. The smallest absolute Gasteiger partial charge is 0.410 e. The quantitative estimate of drug-likeness (QED) is 0.408. The van der Waals surface area contributed by atoms with Crippen LogP contribution in [0.25, 0.3) is 20.8 Å². The highest BCUT2D eigenvalue weighted by Gasteiger charge is 2.65. The van der Waals surface area contributed by atoms with E-state index in [9.17, 15) is 9.90 Å². The Morgan fingerprint density at radius 2 is 1.78 bits per heavy atom. The first-order chi connectivity index (χ1) is 16.6. The van der Waals surface area contributed by atoms with Crippen molar-refractivity contribution >= 4 is 27.6 Å². The van der Waals surface area contributed by atoms with Crippen LogP contribution in [0.3, 0.4) is 0 Å². The minimum absolute atomic E-state index is 0.363. The SMILES string of the molecule is COc1cc([C@@H]2N(C(=O)OC(C)(C)C)CC(C)(C)[C@@]2(O)C(C)(C)C)ccc1-c1nc2ccccc2s1. The summed E-state index contributed by atoms with van der Waals surface area (Å²) < 4.78 is 12.7. The first-order valence-corrected chi connectivity index (χ1v) is 13.2. The fourth-order valence-electron chi connectivity index (χ4n) is 5.61. The van der Waals surface area contributed by atoms with Crippen LogP contribution in [0.5, 0.6) is 5.75 Å². The lowest BCUT2D eigenvalue weighted by Crippen LogP contribution is -2.55. The Hall–Kier alpha value is -2.64. The second-order valence-electron chi connectivity index (χ2n) is 12.4. The number of carbonyl (C=O) groups is 1. The van der Waals surface area contributed by atoms with E-state index in [-0.39, 0.29) is 0 Å². The monoisotopic (exact) mass is 510 g/mol. The number of hydrogen-bond donors (Lipinski definition) is 1. The van der Waals surface area contributed by atoms with Crippen LogP contribution in [-0.2, 0) is 4.74 Å². The largest absolute Gasteiger partial charge is 0.496 e. The number of nitrogens with zero attached hydrogens (tertiary/aromatic N) is 2. The average Bonchev–Trinajstić information content (AvgIpc) is 3.29. The van der Waals surface area contributed by atoms with Crippen molar-refractivity contribution in [3.05, 3.63) is 48.0 Å². The fourth-order valence-corrected chi connectivity index (χ4v) is 6.61. The van der Waals surface area contributed by atoms with Gasteiger partial charge < -0.3 is 14.6 Å². The minimum atomic E-state index is -1.24. The zero-order valence-corrected chi connectivity index (χ0v) is 23.6. The van der Waals surface area contributed by atoms with E-state index in [0.717, 1.165) is 26.4 Å². The zero-order chi connectivity index (χ0) is 26.7.